The summed E-state index contributed by atoms with van der Waals surface area (Å²) >= 11 is 0. The molecule has 0 fully saturated rings. The van der Waals surface area contributed by atoms with E-state index in [1.165, 1.54) is 0 Å². The summed E-state index contributed by atoms with van der Waals surface area (Å²) in [5.74, 6) is 0. The summed E-state index contributed by atoms with van der Waals surface area (Å²) in [4.78, 5) is 6.27. The summed E-state index contributed by atoms with van der Waals surface area (Å²) in [5.41, 5.74) is 0. The monoisotopic (exact) mass is 157 g/mol. The molecule has 0 aliphatic rings. The minimum absolute atomic E-state index is 0.926. The minimum Gasteiger partial charge on any atom is -0.375 e. The van der Waals surface area contributed by atoms with Crippen molar-refractivity contribution in [3.05, 3.63) is 0 Å². The van der Waals surface area contributed by atoms with Crippen LogP contribution in [0.4, 0.5) is 0 Å². The molecule has 0 rings (SSSR count). The van der Waals surface area contributed by atoms with Crippen molar-refractivity contribution in [3.8, 4) is 0 Å². The van der Waals surface area contributed by atoms with Crippen LogP contribution in [0.25, 0.3) is 0 Å². The molecule has 0 radical (unpaired) electrons. The molecule has 0 amide bonds. The maximum Gasteiger partial charge on any atom is 0.0824 e. The average Bonchev–Trinajstić information content (AvgIpc) is 1.96. The smallest absolute Gasteiger partial charge is 0.0824 e. The molecule has 3 nitrogen and oxygen atoms in total. The lowest BCUT2D eigenvalue weighted by Crippen LogP contribution is -2.25. The predicted octanol–water partition coefficient (Wildman–Crippen LogP) is 0.576. The van der Waals surface area contributed by atoms with Crippen LogP contribution in [-0.2, 0) is 0 Å². The van der Waals surface area contributed by atoms with Gasteiger partial charge in [0, 0.05) is 19.6 Å². The van der Waals surface area contributed by atoms with Gasteiger partial charge >= 0.3 is 0 Å². The molecule has 1 N–H and O–H groups in total. The molecule has 3 heteroatoms. The van der Waals surface area contributed by atoms with Crippen molar-refractivity contribution in [3.63, 3.8) is 0 Å². The van der Waals surface area contributed by atoms with E-state index in [0.29, 0.717) is 0 Å². The highest BCUT2D eigenvalue weighted by atomic mass is 15.1. The van der Waals surface area contributed by atoms with Gasteiger partial charge in [0.1, 0.15) is 0 Å². The lowest BCUT2D eigenvalue weighted by atomic mass is 10.5. The standard InChI is InChI=1S/C8H19N3/c1-4-5-9-8-10-6-7-11(2)3/h8H,4-7H2,1-3H3,(H,9,10). The highest BCUT2D eigenvalue weighted by Gasteiger charge is 1.84. The van der Waals surface area contributed by atoms with Crippen molar-refractivity contribution in [2.45, 2.75) is 13.3 Å². The van der Waals surface area contributed by atoms with E-state index in [-0.39, 0.29) is 0 Å². The van der Waals surface area contributed by atoms with Gasteiger partial charge in [0.2, 0.25) is 0 Å². The van der Waals surface area contributed by atoms with Crippen molar-refractivity contribution in [1.82, 2.24) is 10.2 Å². The van der Waals surface area contributed by atoms with Crippen LogP contribution in [0.15, 0.2) is 4.99 Å². The topological polar surface area (TPSA) is 27.6 Å². The Kier molecular flexibility index (Phi) is 7.15. The van der Waals surface area contributed by atoms with E-state index >= 15 is 0 Å². The minimum atomic E-state index is 0.926. The van der Waals surface area contributed by atoms with Crippen LogP contribution in [0.5, 0.6) is 0 Å². The Balaban J connectivity index is 3.01. The summed E-state index contributed by atoms with van der Waals surface area (Å²) in [6.45, 7) is 5.07. The van der Waals surface area contributed by atoms with Crippen LogP contribution < -0.4 is 5.32 Å². The van der Waals surface area contributed by atoms with Gasteiger partial charge in [-0.05, 0) is 20.5 Å². The summed E-state index contributed by atoms with van der Waals surface area (Å²) in [7, 11) is 4.12. The zero-order chi connectivity index (χ0) is 8.53. The largest absolute Gasteiger partial charge is 0.375 e. The molecule has 0 bridgehead atoms. The van der Waals surface area contributed by atoms with Crippen LogP contribution in [-0.4, -0.2) is 45.0 Å². The van der Waals surface area contributed by atoms with Crippen LogP contribution in [0, 0.1) is 0 Å². The third-order valence-electron chi connectivity index (χ3n) is 1.24. The summed E-state index contributed by atoms with van der Waals surface area (Å²) in [6, 6.07) is 0. The summed E-state index contributed by atoms with van der Waals surface area (Å²) < 4.78 is 0. The van der Waals surface area contributed by atoms with Crippen molar-refractivity contribution < 1.29 is 0 Å². The molecule has 0 aromatic rings. The van der Waals surface area contributed by atoms with Crippen LogP contribution in [0.3, 0.4) is 0 Å². The van der Waals surface area contributed by atoms with Gasteiger partial charge in [0.05, 0.1) is 6.34 Å². The summed E-state index contributed by atoms with van der Waals surface area (Å²) in [5, 5.41) is 3.12. The van der Waals surface area contributed by atoms with Gasteiger partial charge in [-0.25, -0.2) is 0 Å². The van der Waals surface area contributed by atoms with Gasteiger partial charge in [-0.1, -0.05) is 6.92 Å². The fourth-order valence-corrected chi connectivity index (χ4v) is 0.611. The molecule has 0 heterocycles. The first-order valence-corrected chi connectivity index (χ1v) is 4.13. The third kappa shape index (κ3) is 9.43. The second kappa shape index (κ2) is 7.54. The van der Waals surface area contributed by atoms with Gasteiger partial charge in [-0.15, -0.1) is 0 Å². The van der Waals surface area contributed by atoms with Crippen LogP contribution in [0.1, 0.15) is 13.3 Å². The molecular formula is C8H19N3. The maximum atomic E-state index is 4.13. The highest BCUT2D eigenvalue weighted by molar-refractivity contribution is 5.53. The molecule has 0 aliphatic heterocycles. The van der Waals surface area contributed by atoms with E-state index in [2.05, 4.69) is 36.2 Å². The normalized spacial score (nSPS) is 11.3. The first-order chi connectivity index (χ1) is 5.27. The maximum absolute atomic E-state index is 4.13. The Morgan fingerprint density at radius 1 is 1.45 bits per heavy atom. The Hall–Kier alpha value is -0.570. The Labute approximate surface area is 69.5 Å². The number of nitrogens with one attached hydrogen (secondary N) is 1. The SMILES string of the molecule is CCCN=CNCCN(C)C. The number of likely N-dealkylation sites (N-methyl/N-ethyl adjacent to an activating group) is 1. The molecule has 0 atom stereocenters. The van der Waals surface area contributed by atoms with Gasteiger partial charge in [-0.3, -0.25) is 4.99 Å². The van der Waals surface area contributed by atoms with Gasteiger partial charge in [0.15, 0.2) is 0 Å². The van der Waals surface area contributed by atoms with Crippen molar-refractivity contribution in [2.75, 3.05) is 33.7 Å². The number of hydrogen-bond acceptors (Lipinski definition) is 2. The quantitative estimate of drug-likeness (QED) is 0.347. The van der Waals surface area contributed by atoms with Crippen molar-refractivity contribution in [2.24, 2.45) is 4.99 Å². The van der Waals surface area contributed by atoms with Gasteiger partial charge in [-0.2, -0.15) is 0 Å². The molecule has 0 unspecified atom stereocenters. The molecular weight excluding hydrogens is 138 g/mol. The molecule has 0 aliphatic carbocycles. The van der Waals surface area contributed by atoms with Crippen LogP contribution >= 0.6 is 0 Å². The molecule has 0 spiro atoms. The van der Waals surface area contributed by atoms with Gasteiger partial charge in [0.25, 0.3) is 0 Å². The number of aliphatic imine (C=N–C) groups is 1. The fourth-order valence-electron chi connectivity index (χ4n) is 0.611. The fraction of sp³-hybridized carbons (Fsp3) is 0.875. The molecule has 66 valence electrons. The number of nitrogens with zero attached hydrogens (tertiary/aromatic N) is 2. The van der Waals surface area contributed by atoms with E-state index < -0.39 is 0 Å². The second-order valence-electron chi connectivity index (χ2n) is 2.79. The average molecular weight is 157 g/mol. The first-order valence-electron chi connectivity index (χ1n) is 4.13. The van der Waals surface area contributed by atoms with E-state index in [1.807, 2.05) is 0 Å². The molecule has 0 aromatic heterocycles. The Morgan fingerprint density at radius 2 is 2.18 bits per heavy atom. The number of rotatable bonds is 6. The Bertz CT molecular complexity index is 99.5. The van der Waals surface area contributed by atoms with Gasteiger partial charge < -0.3 is 10.2 Å². The second-order valence-corrected chi connectivity index (χ2v) is 2.79. The molecule has 0 aromatic carbocycles. The highest BCUT2D eigenvalue weighted by Crippen LogP contribution is 1.73. The zero-order valence-corrected chi connectivity index (χ0v) is 7.80. The molecule has 0 saturated carbocycles. The third-order valence-corrected chi connectivity index (χ3v) is 1.24. The van der Waals surface area contributed by atoms with Crippen molar-refractivity contribution in [1.29, 1.82) is 0 Å². The Morgan fingerprint density at radius 3 is 2.73 bits per heavy atom. The first kappa shape index (κ1) is 10.4. The van der Waals surface area contributed by atoms with E-state index in [1.54, 1.807) is 6.34 Å². The predicted molar refractivity (Wildman–Crippen MR) is 50.2 cm³/mol. The lowest BCUT2D eigenvalue weighted by molar-refractivity contribution is 0.413. The van der Waals surface area contributed by atoms with E-state index in [0.717, 1.165) is 26.1 Å². The zero-order valence-electron chi connectivity index (χ0n) is 7.80. The molecule has 11 heavy (non-hydrogen) atoms. The van der Waals surface area contributed by atoms with E-state index in [4.69, 9.17) is 0 Å². The van der Waals surface area contributed by atoms with Crippen LogP contribution in [0.2, 0.25) is 0 Å². The van der Waals surface area contributed by atoms with Crippen molar-refractivity contribution >= 4 is 6.34 Å². The molecule has 0 saturated heterocycles. The number of hydrogen-bond donors (Lipinski definition) is 1. The van der Waals surface area contributed by atoms with E-state index in [9.17, 15) is 0 Å². The summed E-state index contributed by atoms with van der Waals surface area (Å²) in [6.07, 6.45) is 2.92. The lowest BCUT2D eigenvalue weighted by Gasteiger charge is -2.07.